The number of hydrogen-bond donors (Lipinski definition) is 1. The van der Waals surface area contributed by atoms with Gasteiger partial charge in [-0.3, -0.25) is 0 Å². The van der Waals surface area contributed by atoms with Crippen molar-refractivity contribution in [3.8, 4) is 5.75 Å². The van der Waals surface area contributed by atoms with Crippen LogP contribution in [0.5, 0.6) is 5.75 Å². The second-order valence-corrected chi connectivity index (χ2v) is 5.20. The molecule has 2 nitrogen and oxygen atoms in total. The van der Waals surface area contributed by atoms with Crippen molar-refractivity contribution in [3.63, 3.8) is 0 Å². The van der Waals surface area contributed by atoms with Crippen LogP contribution in [0.15, 0.2) is 42.5 Å². The largest absolute Gasteiger partial charge is 0.483 e. The molecule has 2 aromatic carbocycles. The Bertz CT molecular complexity index is 562. The molecule has 4 heteroatoms. The summed E-state index contributed by atoms with van der Waals surface area (Å²) in [7, 11) is 0. The molecule has 112 valence electrons. The predicted octanol–water partition coefficient (Wildman–Crippen LogP) is 4.04. The van der Waals surface area contributed by atoms with Crippen LogP contribution in [0.4, 0.5) is 8.78 Å². The first-order valence-corrected chi connectivity index (χ1v) is 6.94. The lowest BCUT2D eigenvalue weighted by molar-refractivity contribution is 0.273. The smallest absolute Gasteiger partial charge is 0.191 e. The van der Waals surface area contributed by atoms with Gasteiger partial charge in [0.2, 0.25) is 0 Å². The van der Waals surface area contributed by atoms with Gasteiger partial charge in [-0.05, 0) is 23.3 Å². The van der Waals surface area contributed by atoms with Gasteiger partial charge in [0, 0.05) is 12.6 Å². The molecule has 0 aliphatic heterocycles. The van der Waals surface area contributed by atoms with Gasteiger partial charge in [0.1, 0.15) is 6.61 Å². The van der Waals surface area contributed by atoms with Gasteiger partial charge >= 0.3 is 0 Å². The number of ether oxygens (including phenoxy) is 1. The Kier molecular flexibility index (Phi) is 5.28. The molecule has 0 amide bonds. The van der Waals surface area contributed by atoms with Crippen LogP contribution in [0.1, 0.15) is 25.0 Å². The van der Waals surface area contributed by atoms with E-state index in [0.29, 0.717) is 12.1 Å². The number of hydrogen-bond acceptors (Lipinski definition) is 2. The second kappa shape index (κ2) is 7.18. The molecule has 21 heavy (non-hydrogen) atoms. The van der Waals surface area contributed by atoms with Crippen LogP contribution in [0, 0.1) is 11.6 Å². The molecule has 0 unspecified atom stereocenters. The Labute approximate surface area is 123 Å². The van der Waals surface area contributed by atoms with Gasteiger partial charge in [0.15, 0.2) is 17.4 Å². The van der Waals surface area contributed by atoms with Crippen molar-refractivity contribution in [3.05, 3.63) is 65.2 Å². The Hall–Kier alpha value is -1.94. The third-order valence-corrected chi connectivity index (χ3v) is 3.00. The summed E-state index contributed by atoms with van der Waals surface area (Å²) in [5.74, 6) is -1.68. The highest BCUT2D eigenvalue weighted by Crippen LogP contribution is 2.24. The maximum absolute atomic E-state index is 13.9. The fourth-order valence-electron chi connectivity index (χ4n) is 1.90. The van der Waals surface area contributed by atoms with Crippen LogP contribution in [-0.2, 0) is 13.2 Å². The SMILES string of the molecule is CC(C)NCc1cc(F)c(OCc2ccccc2)c(F)c1. The molecule has 0 aromatic heterocycles. The summed E-state index contributed by atoms with van der Waals surface area (Å²) in [6.45, 7) is 4.51. The monoisotopic (exact) mass is 291 g/mol. The maximum Gasteiger partial charge on any atom is 0.191 e. The van der Waals surface area contributed by atoms with Crippen LogP contribution in [0.25, 0.3) is 0 Å². The number of nitrogens with one attached hydrogen (secondary N) is 1. The van der Waals surface area contributed by atoms with Crippen LogP contribution in [-0.4, -0.2) is 6.04 Å². The fraction of sp³-hybridized carbons (Fsp3) is 0.294. The van der Waals surface area contributed by atoms with Gasteiger partial charge in [-0.15, -0.1) is 0 Å². The highest BCUT2D eigenvalue weighted by molar-refractivity contribution is 5.31. The quantitative estimate of drug-likeness (QED) is 0.867. The van der Waals surface area contributed by atoms with Crippen molar-refractivity contribution in [2.45, 2.75) is 33.0 Å². The normalized spacial score (nSPS) is 10.9. The first-order valence-electron chi connectivity index (χ1n) is 6.94. The van der Waals surface area contributed by atoms with Crippen LogP contribution in [0.3, 0.4) is 0 Å². The zero-order valence-corrected chi connectivity index (χ0v) is 12.2. The van der Waals surface area contributed by atoms with E-state index in [2.05, 4.69) is 5.32 Å². The van der Waals surface area contributed by atoms with E-state index in [1.54, 1.807) is 0 Å². The van der Waals surface area contributed by atoms with E-state index in [9.17, 15) is 8.78 Å². The maximum atomic E-state index is 13.9. The van der Waals surface area contributed by atoms with Crippen molar-refractivity contribution in [1.29, 1.82) is 0 Å². The zero-order chi connectivity index (χ0) is 15.2. The molecule has 0 aliphatic rings. The molecule has 0 fully saturated rings. The Morgan fingerprint density at radius 3 is 2.19 bits per heavy atom. The molecule has 0 atom stereocenters. The van der Waals surface area contributed by atoms with E-state index in [-0.39, 0.29) is 18.4 Å². The van der Waals surface area contributed by atoms with Gasteiger partial charge in [-0.2, -0.15) is 0 Å². The first kappa shape index (κ1) is 15.4. The fourth-order valence-corrected chi connectivity index (χ4v) is 1.90. The third-order valence-electron chi connectivity index (χ3n) is 3.00. The lowest BCUT2D eigenvalue weighted by Gasteiger charge is -2.12. The van der Waals surface area contributed by atoms with Gasteiger partial charge in [0.25, 0.3) is 0 Å². The Morgan fingerprint density at radius 1 is 1.00 bits per heavy atom. The van der Waals surface area contributed by atoms with Crippen molar-refractivity contribution in [1.82, 2.24) is 5.32 Å². The Morgan fingerprint density at radius 2 is 1.62 bits per heavy atom. The van der Waals surface area contributed by atoms with Crippen molar-refractivity contribution in [2.24, 2.45) is 0 Å². The average molecular weight is 291 g/mol. The summed E-state index contributed by atoms with van der Waals surface area (Å²) in [6.07, 6.45) is 0. The topological polar surface area (TPSA) is 21.3 Å². The molecular formula is C17H19F2NO. The minimum atomic E-state index is -0.675. The molecular weight excluding hydrogens is 272 g/mol. The summed E-state index contributed by atoms with van der Waals surface area (Å²) in [5, 5.41) is 3.12. The summed E-state index contributed by atoms with van der Waals surface area (Å²) in [4.78, 5) is 0. The second-order valence-electron chi connectivity index (χ2n) is 5.20. The first-order chi connectivity index (χ1) is 10.1. The van der Waals surface area contributed by atoms with Gasteiger partial charge in [-0.25, -0.2) is 8.78 Å². The van der Waals surface area contributed by atoms with Crippen LogP contribution < -0.4 is 10.1 Å². The summed E-state index contributed by atoms with van der Waals surface area (Å²) in [5.41, 5.74) is 1.42. The molecule has 0 aliphatic carbocycles. The molecule has 0 saturated heterocycles. The van der Waals surface area contributed by atoms with Crippen molar-refractivity contribution < 1.29 is 13.5 Å². The van der Waals surface area contributed by atoms with Crippen LogP contribution in [0.2, 0.25) is 0 Å². The summed E-state index contributed by atoms with van der Waals surface area (Å²) < 4.78 is 33.2. The lowest BCUT2D eigenvalue weighted by atomic mass is 10.2. The van der Waals surface area contributed by atoms with E-state index in [0.717, 1.165) is 5.56 Å². The number of rotatable bonds is 6. The van der Waals surface area contributed by atoms with Crippen molar-refractivity contribution >= 4 is 0 Å². The van der Waals surface area contributed by atoms with Crippen molar-refractivity contribution in [2.75, 3.05) is 0 Å². The van der Waals surface area contributed by atoms with Gasteiger partial charge in [-0.1, -0.05) is 44.2 Å². The lowest BCUT2D eigenvalue weighted by Crippen LogP contribution is -2.22. The molecule has 0 spiro atoms. The molecule has 2 rings (SSSR count). The van der Waals surface area contributed by atoms with Crippen LogP contribution >= 0.6 is 0 Å². The zero-order valence-electron chi connectivity index (χ0n) is 12.2. The van der Waals surface area contributed by atoms with E-state index in [1.165, 1.54) is 12.1 Å². The van der Waals surface area contributed by atoms with E-state index >= 15 is 0 Å². The highest BCUT2D eigenvalue weighted by Gasteiger charge is 2.13. The number of halogens is 2. The van der Waals surface area contributed by atoms with E-state index < -0.39 is 11.6 Å². The molecule has 2 aromatic rings. The minimum Gasteiger partial charge on any atom is -0.483 e. The predicted molar refractivity (Wildman–Crippen MR) is 79.1 cm³/mol. The highest BCUT2D eigenvalue weighted by atomic mass is 19.1. The molecule has 0 saturated carbocycles. The van der Waals surface area contributed by atoms with Gasteiger partial charge < -0.3 is 10.1 Å². The Balaban J connectivity index is 2.06. The third kappa shape index (κ3) is 4.53. The van der Waals surface area contributed by atoms with E-state index in [4.69, 9.17) is 4.74 Å². The standard InChI is InChI=1S/C17H19F2NO/c1-12(2)20-10-14-8-15(18)17(16(19)9-14)21-11-13-6-4-3-5-7-13/h3-9,12,20H,10-11H2,1-2H3. The van der Waals surface area contributed by atoms with Gasteiger partial charge in [0.05, 0.1) is 0 Å². The minimum absolute atomic E-state index is 0.137. The molecule has 1 N–H and O–H groups in total. The van der Waals surface area contributed by atoms with E-state index in [1.807, 2.05) is 44.2 Å². The molecule has 0 radical (unpaired) electrons. The number of benzene rings is 2. The molecule has 0 heterocycles. The molecule has 0 bridgehead atoms. The average Bonchev–Trinajstić information content (AvgIpc) is 2.45. The summed E-state index contributed by atoms with van der Waals surface area (Å²) in [6, 6.07) is 12.1. The summed E-state index contributed by atoms with van der Waals surface area (Å²) >= 11 is 0.